The molecule has 3 nitrogen and oxygen atoms in total. The van der Waals surface area contributed by atoms with Gasteiger partial charge in [-0.05, 0) is 12.1 Å². The number of benzene rings is 1. The van der Waals surface area contributed by atoms with Crippen molar-refractivity contribution in [2.45, 2.75) is 0 Å². The highest BCUT2D eigenvalue weighted by Crippen LogP contribution is 2.05. The fourth-order valence-corrected chi connectivity index (χ4v) is 0.555. The van der Waals surface area contributed by atoms with Crippen molar-refractivity contribution in [3.05, 3.63) is 30.3 Å². The zero-order chi connectivity index (χ0) is 8.53. The van der Waals surface area contributed by atoms with E-state index < -0.39 is 0 Å². The van der Waals surface area contributed by atoms with Gasteiger partial charge in [0, 0.05) is 0 Å². The molecule has 0 spiro atoms. The highest BCUT2D eigenvalue weighted by atomic mass is 16.5. The molecule has 0 aromatic heterocycles. The average molecular weight is 152 g/mol. The number of hydrogen-bond donors (Lipinski definition) is 0. The standard InChI is InChI=1S/C7H6O2.CH2O/c8-6-9-7-4-2-1-3-5-7;1-2/h1-6H;1H2. The molecular weight excluding hydrogens is 144 g/mol. The molecule has 0 fully saturated rings. The monoisotopic (exact) mass is 152 g/mol. The zero-order valence-corrected chi connectivity index (χ0v) is 5.90. The maximum Gasteiger partial charge on any atom is 0.298 e. The third kappa shape index (κ3) is 3.86. The lowest BCUT2D eigenvalue weighted by molar-refractivity contribution is -0.120. The summed E-state index contributed by atoms with van der Waals surface area (Å²) in [5, 5.41) is 0. The van der Waals surface area contributed by atoms with E-state index in [1.807, 2.05) is 12.9 Å². The Labute approximate surface area is 64.6 Å². The molecule has 0 aliphatic rings. The van der Waals surface area contributed by atoms with Gasteiger partial charge in [-0.15, -0.1) is 0 Å². The van der Waals surface area contributed by atoms with Crippen LogP contribution in [-0.4, -0.2) is 13.3 Å². The summed E-state index contributed by atoms with van der Waals surface area (Å²) in [5.41, 5.74) is 0. The maximum absolute atomic E-state index is 9.75. The van der Waals surface area contributed by atoms with Crippen molar-refractivity contribution in [3.63, 3.8) is 0 Å². The fourth-order valence-electron chi connectivity index (χ4n) is 0.555. The van der Waals surface area contributed by atoms with Crippen LogP contribution in [0, 0.1) is 0 Å². The minimum Gasteiger partial charge on any atom is -0.429 e. The number of carbonyl (C=O) groups is 2. The molecule has 0 saturated carbocycles. The summed E-state index contributed by atoms with van der Waals surface area (Å²) < 4.78 is 4.53. The van der Waals surface area contributed by atoms with Crippen molar-refractivity contribution in [1.29, 1.82) is 0 Å². The van der Waals surface area contributed by atoms with Gasteiger partial charge in [-0.2, -0.15) is 0 Å². The van der Waals surface area contributed by atoms with E-state index >= 15 is 0 Å². The maximum atomic E-state index is 9.75. The second kappa shape index (κ2) is 6.48. The smallest absolute Gasteiger partial charge is 0.298 e. The molecule has 0 atom stereocenters. The summed E-state index contributed by atoms with van der Waals surface area (Å²) in [6.07, 6.45) is 0. The van der Waals surface area contributed by atoms with Crippen molar-refractivity contribution >= 4 is 13.3 Å². The Kier molecular flexibility index (Phi) is 5.51. The Morgan fingerprint density at radius 2 is 1.73 bits per heavy atom. The molecule has 0 aliphatic carbocycles. The first-order valence-electron chi connectivity index (χ1n) is 2.87. The van der Waals surface area contributed by atoms with Gasteiger partial charge in [0.25, 0.3) is 6.47 Å². The molecule has 0 radical (unpaired) electrons. The van der Waals surface area contributed by atoms with E-state index in [0.29, 0.717) is 12.2 Å². The lowest BCUT2D eigenvalue weighted by atomic mass is 10.3. The molecule has 0 saturated heterocycles. The van der Waals surface area contributed by atoms with E-state index in [1.165, 1.54) is 0 Å². The highest BCUT2D eigenvalue weighted by molar-refractivity contribution is 5.44. The second-order valence-corrected chi connectivity index (χ2v) is 1.53. The van der Waals surface area contributed by atoms with Crippen molar-refractivity contribution in [2.75, 3.05) is 0 Å². The first-order chi connectivity index (χ1) is 5.43. The predicted molar refractivity (Wildman–Crippen MR) is 40.3 cm³/mol. The third-order valence-electron chi connectivity index (χ3n) is 0.927. The van der Waals surface area contributed by atoms with Crippen LogP contribution in [0.2, 0.25) is 0 Å². The van der Waals surface area contributed by atoms with Crippen molar-refractivity contribution in [1.82, 2.24) is 0 Å². The van der Waals surface area contributed by atoms with Crippen LogP contribution in [0.15, 0.2) is 30.3 Å². The topological polar surface area (TPSA) is 43.4 Å². The number of carbonyl (C=O) groups excluding carboxylic acids is 2. The summed E-state index contributed by atoms with van der Waals surface area (Å²) in [4.78, 5) is 17.8. The van der Waals surface area contributed by atoms with E-state index in [1.54, 1.807) is 24.3 Å². The SMILES string of the molecule is C=O.O=COc1ccccc1. The summed E-state index contributed by atoms with van der Waals surface area (Å²) in [5.74, 6) is 0.576. The van der Waals surface area contributed by atoms with Crippen molar-refractivity contribution < 1.29 is 14.3 Å². The van der Waals surface area contributed by atoms with E-state index in [-0.39, 0.29) is 0 Å². The lowest BCUT2D eigenvalue weighted by Gasteiger charge is -1.92. The van der Waals surface area contributed by atoms with Crippen molar-refractivity contribution in [3.8, 4) is 5.75 Å². The number of hydrogen-bond acceptors (Lipinski definition) is 3. The lowest BCUT2D eigenvalue weighted by Crippen LogP contribution is -1.85. The Balaban J connectivity index is 0.000000461. The Morgan fingerprint density at radius 1 is 1.18 bits per heavy atom. The highest BCUT2D eigenvalue weighted by Gasteiger charge is 1.84. The Morgan fingerprint density at radius 3 is 2.18 bits per heavy atom. The van der Waals surface area contributed by atoms with E-state index in [0.717, 1.165) is 0 Å². The van der Waals surface area contributed by atoms with Gasteiger partial charge in [0.1, 0.15) is 12.5 Å². The summed E-state index contributed by atoms with van der Waals surface area (Å²) in [7, 11) is 0. The quantitative estimate of drug-likeness (QED) is 0.594. The average Bonchev–Trinajstić information content (AvgIpc) is 2.11. The van der Waals surface area contributed by atoms with Gasteiger partial charge >= 0.3 is 0 Å². The second-order valence-electron chi connectivity index (χ2n) is 1.53. The summed E-state index contributed by atoms with van der Waals surface area (Å²) >= 11 is 0. The molecule has 1 aromatic rings. The van der Waals surface area contributed by atoms with E-state index in [4.69, 9.17) is 4.79 Å². The first-order valence-corrected chi connectivity index (χ1v) is 2.87. The van der Waals surface area contributed by atoms with Gasteiger partial charge < -0.3 is 9.53 Å². The number of para-hydroxylation sites is 1. The van der Waals surface area contributed by atoms with Crippen LogP contribution in [0.1, 0.15) is 0 Å². The third-order valence-corrected chi connectivity index (χ3v) is 0.927. The van der Waals surface area contributed by atoms with Gasteiger partial charge in [-0.25, -0.2) is 0 Å². The van der Waals surface area contributed by atoms with Gasteiger partial charge in [-0.1, -0.05) is 18.2 Å². The van der Waals surface area contributed by atoms with Crippen LogP contribution < -0.4 is 4.74 Å². The molecular formula is C8H8O3. The molecule has 3 heteroatoms. The number of ether oxygens (including phenoxy) is 1. The van der Waals surface area contributed by atoms with Crippen LogP contribution in [0.5, 0.6) is 5.75 Å². The summed E-state index contributed by atoms with van der Waals surface area (Å²) in [6, 6.07) is 8.90. The Bertz CT molecular complexity index is 196. The first kappa shape index (κ1) is 9.36. The molecule has 1 rings (SSSR count). The fraction of sp³-hybridized carbons (Fsp3) is 0. The minimum atomic E-state index is 0.412. The molecule has 11 heavy (non-hydrogen) atoms. The van der Waals surface area contributed by atoms with Gasteiger partial charge in [-0.3, -0.25) is 4.79 Å². The zero-order valence-electron chi connectivity index (χ0n) is 5.90. The van der Waals surface area contributed by atoms with Crippen LogP contribution in [0.25, 0.3) is 0 Å². The summed E-state index contributed by atoms with van der Waals surface area (Å²) in [6.45, 7) is 2.41. The largest absolute Gasteiger partial charge is 0.429 e. The van der Waals surface area contributed by atoms with Crippen LogP contribution in [-0.2, 0) is 9.59 Å². The molecule has 0 unspecified atom stereocenters. The van der Waals surface area contributed by atoms with Crippen LogP contribution in [0.3, 0.4) is 0 Å². The van der Waals surface area contributed by atoms with Gasteiger partial charge in [0.15, 0.2) is 0 Å². The molecule has 0 amide bonds. The molecule has 1 aromatic carbocycles. The van der Waals surface area contributed by atoms with Crippen LogP contribution >= 0.6 is 0 Å². The van der Waals surface area contributed by atoms with Gasteiger partial charge in [0.05, 0.1) is 0 Å². The molecule has 0 N–H and O–H groups in total. The predicted octanol–water partition coefficient (Wildman–Crippen LogP) is 1.04. The molecule has 0 heterocycles. The van der Waals surface area contributed by atoms with E-state index in [2.05, 4.69) is 4.74 Å². The van der Waals surface area contributed by atoms with E-state index in [9.17, 15) is 4.79 Å². The normalized spacial score (nSPS) is 7.27. The van der Waals surface area contributed by atoms with Gasteiger partial charge in [0.2, 0.25) is 0 Å². The molecule has 58 valence electrons. The minimum absolute atomic E-state index is 0.412. The molecule has 0 aliphatic heterocycles. The number of rotatable bonds is 2. The van der Waals surface area contributed by atoms with Crippen LogP contribution in [0.4, 0.5) is 0 Å². The molecule has 0 bridgehead atoms. The van der Waals surface area contributed by atoms with Crippen molar-refractivity contribution in [2.24, 2.45) is 0 Å². The Hall–Kier alpha value is -1.64.